The Hall–Kier alpha value is -2.83. The maximum atomic E-state index is 11.2. The molecule has 4 rings (SSSR count). The van der Waals surface area contributed by atoms with E-state index < -0.39 is 0 Å². The summed E-state index contributed by atoms with van der Waals surface area (Å²) in [7, 11) is 2.07. The monoisotopic (exact) mass is 395 g/mol. The SMILES string of the molecule is CC(=O)N[C@@H](C)c1ccc(O[C@@H]2CCN(c3ccnc(N(C)C4CC4)n3)C2)cc1. The van der Waals surface area contributed by atoms with Crippen LogP contribution in [0.3, 0.4) is 0 Å². The summed E-state index contributed by atoms with van der Waals surface area (Å²) in [5.41, 5.74) is 1.06. The highest BCUT2D eigenvalue weighted by Crippen LogP contribution is 2.29. The molecule has 2 aliphatic rings. The molecule has 1 aromatic heterocycles. The number of hydrogen-bond donors (Lipinski definition) is 1. The van der Waals surface area contributed by atoms with Crippen molar-refractivity contribution in [3.63, 3.8) is 0 Å². The van der Waals surface area contributed by atoms with E-state index in [0.29, 0.717) is 6.04 Å². The molecule has 1 aliphatic heterocycles. The Bertz CT molecular complexity index is 853. The fourth-order valence-electron chi connectivity index (χ4n) is 3.76. The van der Waals surface area contributed by atoms with Crippen LogP contribution in [0.1, 0.15) is 44.7 Å². The topological polar surface area (TPSA) is 70.6 Å². The summed E-state index contributed by atoms with van der Waals surface area (Å²) in [5, 5.41) is 2.90. The van der Waals surface area contributed by atoms with Crippen LogP contribution in [0.15, 0.2) is 36.5 Å². The van der Waals surface area contributed by atoms with Gasteiger partial charge in [0.1, 0.15) is 17.7 Å². The summed E-state index contributed by atoms with van der Waals surface area (Å²) in [6.45, 7) is 5.24. The van der Waals surface area contributed by atoms with Crippen molar-refractivity contribution in [1.29, 1.82) is 0 Å². The summed E-state index contributed by atoms with van der Waals surface area (Å²) in [6, 6.07) is 10.5. The van der Waals surface area contributed by atoms with E-state index in [1.54, 1.807) is 0 Å². The predicted octanol–water partition coefficient (Wildman–Crippen LogP) is 2.93. The minimum Gasteiger partial charge on any atom is -0.489 e. The molecule has 1 saturated carbocycles. The Morgan fingerprint density at radius 3 is 2.69 bits per heavy atom. The number of nitrogens with zero attached hydrogens (tertiary/aromatic N) is 4. The molecule has 2 fully saturated rings. The van der Waals surface area contributed by atoms with Gasteiger partial charge in [-0.15, -0.1) is 0 Å². The third kappa shape index (κ3) is 4.78. The zero-order valence-corrected chi connectivity index (χ0v) is 17.3. The van der Waals surface area contributed by atoms with Crippen LogP contribution in [0, 0.1) is 0 Å². The van der Waals surface area contributed by atoms with Gasteiger partial charge in [0.15, 0.2) is 0 Å². The quantitative estimate of drug-likeness (QED) is 0.777. The molecule has 154 valence electrons. The van der Waals surface area contributed by atoms with E-state index in [2.05, 4.69) is 27.1 Å². The van der Waals surface area contributed by atoms with E-state index in [1.807, 2.05) is 43.5 Å². The fourth-order valence-corrected chi connectivity index (χ4v) is 3.76. The minimum atomic E-state index is -0.0277. The highest BCUT2D eigenvalue weighted by molar-refractivity contribution is 5.73. The van der Waals surface area contributed by atoms with Gasteiger partial charge in [-0.3, -0.25) is 4.79 Å². The average molecular weight is 396 g/mol. The second kappa shape index (κ2) is 8.27. The highest BCUT2D eigenvalue weighted by Gasteiger charge is 2.29. The van der Waals surface area contributed by atoms with Gasteiger partial charge in [0, 0.05) is 39.2 Å². The molecule has 1 aliphatic carbocycles. The lowest BCUT2D eigenvalue weighted by Gasteiger charge is -2.21. The first kappa shape index (κ1) is 19.5. The number of anilines is 2. The minimum absolute atomic E-state index is 0.00995. The lowest BCUT2D eigenvalue weighted by molar-refractivity contribution is -0.119. The van der Waals surface area contributed by atoms with Crippen molar-refractivity contribution in [2.75, 3.05) is 29.9 Å². The van der Waals surface area contributed by atoms with Crippen LogP contribution < -0.4 is 19.9 Å². The molecule has 29 heavy (non-hydrogen) atoms. The maximum absolute atomic E-state index is 11.2. The molecule has 2 heterocycles. The first-order chi connectivity index (χ1) is 14.0. The van der Waals surface area contributed by atoms with E-state index in [-0.39, 0.29) is 18.1 Å². The second-order valence-corrected chi connectivity index (χ2v) is 8.02. The van der Waals surface area contributed by atoms with Crippen molar-refractivity contribution in [3.05, 3.63) is 42.1 Å². The van der Waals surface area contributed by atoms with Gasteiger partial charge in [0.2, 0.25) is 11.9 Å². The molecule has 1 aromatic carbocycles. The van der Waals surface area contributed by atoms with Gasteiger partial charge in [0.05, 0.1) is 12.6 Å². The molecule has 1 saturated heterocycles. The molecular formula is C22H29N5O2. The number of ether oxygens (including phenoxy) is 1. The largest absolute Gasteiger partial charge is 0.489 e. The van der Waals surface area contributed by atoms with Crippen LogP contribution in [-0.2, 0) is 4.79 Å². The number of amides is 1. The summed E-state index contributed by atoms with van der Waals surface area (Å²) >= 11 is 0. The van der Waals surface area contributed by atoms with Gasteiger partial charge in [-0.2, -0.15) is 4.98 Å². The molecule has 2 atom stereocenters. The molecule has 2 aromatic rings. The van der Waals surface area contributed by atoms with Gasteiger partial charge in [-0.25, -0.2) is 4.98 Å². The van der Waals surface area contributed by atoms with Crippen molar-refractivity contribution >= 4 is 17.7 Å². The Morgan fingerprint density at radius 1 is 1.24 bits per heavy atom. The molecule has 0 bridgehead atoms. The Labute approximate surface area is 172 Å². The van der Waals surface area contributed by atoms with Gasteiger partial charge < -0.3 is 19.9 Å². The van der Waals surface area contributed by atoms with Crippen molar-refractivity contribution in [2.24, 2.45) is 0 Å². The van der Waals surface area contributed by atoms with E-state index in [1.165, 1.54) is 19.8 Å². The molecule has 7 heteroatoms. The third-order valence-electron chi connectivity index (χ3n) is 5.61. The predicted molar refractivity (Wildman–Crippen MR) is 113 cm³/mol. The van der Waals surface area contributed by atoms with Crippen LogP contribution in [0.25, 0.3) is 0 Å². The standard InChI is InChI=1S/C22H29N5O2/c1-15(24-16(2)28)17-4-8-19(9-5-17)29-20-11-13-27(14-20)21-10-12-23-22(25-21)26(3)18-6-7-18/h4-5,8-10,12,15,18,20H,6-7,11,13-14H2,1-3H3,(H,24,28)/t15-,20+/m0/s1. The zero-order chi connectivity index (χ0) is 20.4. The number of aromatic nitrogens is 2. The summed E-state index contributed by atoms with van der Waals surface area (Å²) in [6.07, 6.45) is 5.40. The van der Waals surface area contributed by atoms with E-state index >= 15 is 0 Å². The average Bonchev–Trinajstić information content (AvgIpc) is 3.46. The lowest BCUT2D eigenvalue weighted by atomic mass is 10.1. The van der Waals surface area contributed by atoms with Crippen molar-refractivity contribution in [2.45, 2.75) is 51.3 Å². The van der Waals surface area contributed by atoms with Crippen molar-refractivity contribution in [1.82, 2.24) is 15.3 Å². The summed E-state index contributed by atoms with van der Waals surface area (Å²) < 4.78 is 6.19. The number of carbonyl (C=O) groups is 1. The van der Waals surface area contributed by atoms with Gasteiger partial charge in [-0.1, -0.05) is 12.1 Å². The smallest absolute Gasteiger partial charge is 0.227 e. The Kier molecular flexibility index (Phi) is 5.56. The van der Waals surface area contributed by atoms with Crippen molar-refractivity contribution in [3.8, 4) is 5.75 Å². The van der Waals surface area contributed by atoms with Crippen LogP contribution in [-0.4, -0.2) is 48.2 Å². The van der Waals surface area contributed by atoms with Crippen molar-refractivity contribution < 1.29 is 9.53 Å². The molecule has 1 N–H and O–H groups in total. The van der Waals surface area contributed by atoms with Gasteiger partial charge >= 0.3 is 0 Å². The van der Waals surface area contributed by atoms with Crippen LogP contribution in [0.4, 0.5) is 11.8 Å². The summed E-state index contributed by atoms with van der Waals surface area (Å²) in [5.74, 6) is 2.60. The lowest BCUT2D eigenvalue weighted by Crippen LogP contribution is -2.27. The van der Waals surface area contributed by atoms with E-state index in [4.69, 9.17) is 9.72 Å². The normalized spacial score (nSPS) is 19.7. The Morgan fingerprint density at radius 2 is 2.00 bits per heavy atom. The number of nitrogens with one attached hydrogen (secondary N) is 1. The van der Waals surface area contributed by atoms with Crippen LogP contribution >= 0.6 is 0 Å². The first-order valence-corrected chi connectivity index (χ1v) is 10.3. The highest BCUT2D eigenvalue weighted by atomic mass is 16.5. The summed E-state index contributed by atoms with van der Waals surface area (Å²) in [4.78, 5) is 24.9. The first-order valence-electron chi connectivity index (χ1n) is 10.3. The van der Waals surface area contributed by atoms with Crippen LogP contribution in [0.2, 0.25) is 0 Å². The molecule has 0 spiro atoms. The Balaban J connectivity index is 1.34. The molecule has 7 nitrogen and oxygen atoms in total. The molecule has 0 unspecified atom stereocenters. The maximum Gasteiger partial charge on any atom is 0.227 e. The third-order valence-corrected chi connectivity index (χ3v) is 5.61. The second-order valence-electron chi connectivity index (χ2n) is 8.02. The molecule has 1 amide bonds. The van der Waals surface area contributed by atoms with Gasteiger partial charge in [0.25, 0.3) is 0 Å². The number of hydrogen-bond acceptors (Lipinski definition) is 6. The van der Waals surface area contributed by atoms with Gasteiger partial charge in [-0.05, 0) is 43.5 Å². The number of rotatable bonds is 7. The van der Waals surface area contributed by atoms with Crippen LogP contribution in [0.5, 0.6) is 5.75 Å². The van der Waals surface area contributed by atoms with E-state index in [0.717, 1.165) is 42.6 Å². The van der Waals surface area contributed by atoms with E-state index in [9.17, 15) is 4.79 Å². The molecule has 0 radical (unpaired) electrons. The number of carbonyl (C=O) groups excluding carboxylic acids is 1. The number of benzene rings is 1. The molecular weight excluding hydrogens is 366 g/mol. The fraction of sp³-hybridized carbons (Fsp3) is 0.500. The zero-order valence-electron chi connectivity index (χ0n) is 17.3.